The summed E-state index contributed by atoms with van der Waals surface area (Å²) in [4.78, 5) is 27.1. The van der Waals surface area contributed by atoms with Gasteiger partial charge in [0.25, 0.3) is 0 Å². The highest BCUT2D eigenvalue weighted by Crippen LogP contribution is 2.34. The molecule has 0 saturated carbocycles. The smallest absolute Gasteiger partial charge is 0.228 e. The largest absolute Gasteiger partial charge is 0.354 e. The van der Waals surface area contributed by atoms with Crippen LogP contribution in [0.4, 0.5) is 29.1 Å². The van der Waals surface area contributed by atoms with Gasteiger partial charge in [-0.25, -0.2) is 29.9 Å². The molecule has 10 nitrogen and oxygen atoms in total. The van der Waals surface area contributed by atoms with E-state index >= 15 is 0 Å². The first-order valence-electron chi connectivity index (χ1n) is 11.6. The molecule has 4 aromatic heterocycles. The van der Waals surface area contributed by atoms with Crippen molar-refractivity contribution in [2.24, 2.45) is 0 Å². The molecule has 0 unspecified atom stereocenters. The van der Waals surface area contributed by atoms with E-state index in [0.717, 1.165) is 45.0 Å². The summed E-state index contributed by atoms with van der Waals surface area (Å²) in [6.07, 6.45) is 14.1. The number of anilines is 5. The van der Waals surface area contributed by atoms with Crippen molar-refractivity contribution >= 4 is 62.9 Å². The van der Waals surface area contributed by atoms with Gasteiger partial charge in [0.1, 0.15) is 6.33 Å². The maximum Gasteiger partial charge on any atom is 0.228 e. The molecule has 0 aliphatic carbocycles. The minimum atomic E-state index is 0.443. The molecule has 0 atom stereocenters. The summed E-state index contributed by atoms with van der Waals surface area (Å²) in [5.74, 6) is 1.73. The van der Waals surface area contributed by atoms with Gasteiger partial charge in [0, 0.05) is 41.3 Å². The number of nitrogens with zero attached hydrogens (tertiary/aromatic N) is 6. The Morgan fingerprint density at radius 1 is 0.892 bits per heavy atom. The van der Waals surface area contributed by atoms with Crippen molar-refractivity contribution in [2.75, 3.05) is 22.5 Å². The molecule has 5 aromatic rings. The predicted octanol–water partition coefficient (Wildman–Crippen LogP) is 5.38. The zero-order chi connectivity index (χ0) is 25.5. The van der Waals surface area contributed by atoms with Crippen LogP contribution in [0.3, 0.4) is 0 Å². The fourth-order valence-electron chi connectivity index (χ4n) is 3.66. The Balaban J connectivity index is 1.20. The van der Waals surface area contributed by atoms with Crippen molar-refractivity contribution in [3.63, 3.8) is 0 Å². The van der Waals surface area contributed by atoms with Crippen LogP contribution in [0.1, 0.15) is 16.0 Å². The first-order valence-corrected chi connectivity index (χ1v) is 12.4. The van der Waals surface area contributed by atoms with E-state index < -0.39 is 0 Å². The molecule has 184 valence electrons. The minimum absolute atomic E-state index is 0.443. The number of fused-ring (bicyclic) bond motifs is 1. The molecule has 5 rings (SSSR count). The topological polar surface area (TPSA) is 137 Å². The van der Waals surface area contributed by atoms with E-state index in [-0.39, 0.29) is 0 Å². The van der Waals surface area contributed by atoms with Gasteiger partial charge in [-0.1, -0.05) is 18.2 Å². The normalized spacial score (nSPS) is 11.1. The van der Waals surface area contributed by atoms with Crippen molar-refractivity contribution < 1.29 is 0 Å². The van der Waals surface area contributed by atoms with Crippen LogP contribution in [0.25, 0.3) is 16.3 Å². The van der Waals surface area contributed by atoms with Gasteiger partial charge in [0.15, 0.2) is 5.82 Å². The second-order valence-electron chi connectivity index (χ2n) is 7.99. The van der Waals surface area contributed by atoms with Crippen LogP contribution in [0.15, 0.2) is 67.5 Å². The lowest BCUT2D eigenvalue weighted by atomic mass is 10.1. The zero-order valence-corrected chi connectivity index (χ0v) is 20.8. The van der Waals surface area contributed by atoms with Gasteiger partial charge in [0.05, 0.1) is 28.3 Å². The molecule has 0 bridgehead atoms. The van der Waals surface area contributed by atoms with E-state index in [0.29, 0.717) is 17.7 Å². The van der Waals surface area contributed by atoms with Gasteiger partial charge in [0.2, 0.25) is 11.9 Å². The van der Waals surface area contributed by atoms with E-state index in [4.69, 9.17) is 5.41 Å². The summed E-state index contributed by atoms with van der Waals surface area (Å²) in [5.41, 5.74) is 4.76. The summed E-state index contributed by atoms with van der Waals surface area (Å²) < 4.78 is 0.919. The predicted molar refractivity (Wildman–Crippen MR) is 149 cm³/mol. The molecule has 0 aliphatic heterocycles. The summed E-state index contributed by atoms with van der Waals surface area (Å²) in [6, 6.07) is 10.0. The Labute approximate surface area is 217 Å². The van der Waals surface area contributed by atoms with E-state index in [1.165, 1.54) is 18.1 Å². The molecule has 0 spiro atoms. The summed E-state index contributed by atoms with van der Waals surface area (Å²) in [7, 11) is 0. The maximum absolute atomic E-state index is 7.24. The number of hydrogen-bond acceptors (Lipinski definition) is 11. The fourth-order valence-corrected chi connectivity index (χ4v) is 4.70. The number of hydrogen-bond donors (Lipinski definition) is 4. The molecule has 0 aliphatic rings. The van der Waals surface area contributed by atoms with Crippen LogP contribution in [0, 0.1) is 12.3 Å². The molecule has 0 radical (unpaired) electrons. The molecule has 1 aromatic carbocycles. The minimum Gasteiger partial charge on any atom is -0.354 e. The molecule has 37 heavy (non-hydrogen) atoms. The number of aryl methyl sites for hydroxylation is 1. The summed E-state index contributed by atoms with van der Waals surface area (Å²) in [6.45, 7) is 2.78. The number of nitrogens with one attached hydrogen (secondary N) is 4. The first-order chi connectivity index (χ1) is 18.2. The van der Waals surface area contributed by atoms with Crippen molar-refractivity contribution in [3.05, 3.63) is 83.5 Å². The number of allylic oxidation sites excluding steroid dienone is 1. The lowest BCUT2D eigenvalue weighted by Gasteiger charge is -2.09. The first kappa shape index (κ1) is 23.9. The summed E-state index contributed by atoms with van der Waals surface area (Å²) in [5, 5.41) is 17.0. The molecule has 4 N–H and O–H groups in total. The van der Waals surface area contributed by atoms with Crippen LogP contribution < -0.4 is 16.0 Å². The molecule has 4 heterocycles. The highest BCUT2D eigenvalue weighted by molar-refractivity contribution is 7.19. The standard InChI is InChI=1S/C26H24N10S/c1-17-21(4-2-10-27)22-23(37-17)24(34-16-33-22)36-26-31-14-20(15-32-26)35-19-7-5-18(6-8-19)9-13-30-25-28-11-3-12-29-25/h2-8,10-12,14-16,27,35H,9,13H2,1H3,(H,28,29,30)(H,31,32,33,34,36)/b4-2-,27-10?. The van der Waals surface area contributed by atoms with Crippen molar-refractivity contribution in [2.45, 2.75) is 13.3 Å². The quantitative estimate of drug-likeness (QED) is 0.183. The van der Waals surface area contributed by atoms with Crippen LogP contribution in [0.2, 0.25) is 0 Å². The highest BCUT2D eigenvalue weighted by atomic mass is 32.1. The van der Waals surface area contributed by atoms with Gasteiger partial charge in [-0.15, -0.1) is 11.3 Å². The fraction of sp³-hybridized carbons (Fsp3) is 0.115. The van der Waals surface area contributed by atoms with Gasteiger partial charge in [-0.2, -0.15) is 0 Å². The molecule has 0 fully saturated rings. The molecular formula is C26H24N10S. The van der Waals surface area contributed by atoms with E-state index in [1.54, 1.807) is 48.3 Å². The molecule has 11 heteroatoms. The van der Waals surface area contributed by atoms with Crippen LogP contribution in [-0.4, -0.2) is 42.7 Å². The number of thiophene rings is 1. The SMILES string of the molecule is Cc1sc2c(Nc3ncc(Nc4ccc(CCNc5ncccn5)cc4)cn3)ncnc2c1/C=C\C=N. The average molecular weight is 509 g/mol. The number of rotatable bonds is 10. The van der Waals surface area contributed by atoms with Gasteiger partial charge < -0.3 is 21.4 Å². The van der Waals surface area contributed by atoms with Gasteiger partial charge in [-0.3, -0.25) is 0 Å². The lowest BCUT2D eigenvalue weighted by molar-refractivity contribution is 0.984. The second-order valence-corrected chi connectivity index (χ2v) is 9.21. The Hall–Kier alpha value is -4.77. The van der Waals surface area contributed by atoms with Crippen LogP contribution >= 0.6 is 11.3 Å². The Morgan fingerprint density at radius 3 is 2.43 bits per heavy atom. The van der Waals surface area contributed by atoms with Crippen LogP contribution in [-0.2, 0) is 6.42 Å². The van der Waals surface area contributed by atoms with E-state index in [2.05, 4.69) is 58.0 Å². The summed E-state index contributed by atoms with van der Waals surface area (Å²) >= 11 is 1.59. The third-order valence-corrected chi connectivity index (χ3v) is 6.56. The Bertz CT molecular complexity index is 1510. The van der Waals surface area contributed by atoms with E-state index in [9.17, 15) is 0 Å². The Kier molecular flexibility index (Phi) is 7.32. The number of aromatic nitrogens is 6. The van der Waals surface area contributed by atoms with Crippen molar-refractivity contribution in [1.29, 1.82) is 5.41 Å². The third-order valence-electron chi connectivity index (χ3n) is 5.44. The maximum atomic E-state index is 7.24. The van der Waals surface area contributed by atoms with Gasteiger partial charge in [-0.05, 0) is 43.2 Å². The lowest BCUT2D eigenvalue weighted by Crippen LogP contribution is -2.07. The van der Waals surface area contributed by atoms with Crippen molar-refractivity contribution in [3.8, 4) is 0 Å². The third kappa shape index (κ3) is 5.90. The van der Waals surface area contributed by atoms with Crippen LogP contribution in [0.5, 0.6) is 0 Å². The van der Waals surface area contributed by atoms with E-state index in [1.807, 2.05) is 25.1 Å². The molecule has 0 amide bonds. The van der Waals surface area contributed by atoms with Gasteiger partial charge >= 0.3 is 0 Å². The van der Waals surface area contributed by atoms with Crippen molar-refractivity contribution in [1.82, 2.24) is 29.9 Å². The molecule has 0 saturated heterocycles. The average Bonchev–Trinajstić information content (AvgIpc) is 3.26. The second kappa shape index (κ2) is 11.3. The zero-order valence-electron chi connectivity index (χ0n) is 20.0. The molecular weight excluding hydrogens is 484 g/mol. The monoisotopic (exact) mass is 508 g/mol. The number of benzene rings is 1. The highest BCUT2D eigenvalue weighted by Gasteiger charge is 2.13. The Morgan fingerprint density at radius 2 is 1.68 bits per heavy atom.